The first-order chi connectivity index (χ1) is 10.5. The van der Waals surface area contributed by atoms with Crippen LogP contribution in [-0.4, -0.2) is 28.2 Å². The molecule has 0 saturated carbocycles. The highest BCUT2D eigenvalue weighted by Crippen LogP contribution is 2.44. The van der Waals surface area contributed by atoms with Gasteiger partial charge in [0.1, 0.15) is 0 Å². The molecule has 0 radical (unpaired) electrons. The Kier molecular flexibility index (Phi) is 3.14. The molecule has 6 nitrogen and oxygen atoms in total. The Hall–Kier alpha value is -3.15. The van der Waals surface area contributed by atoms with Gasteiger partial charge < -0.3 is 24.8 Å². The van der Waals surface area contributed by atoms with Crippen molar-refractivity contribution < 1.29 is 29.6 Å². The summed E-state index contributed by atoms with van der Waals surface area (Å²) in [6, 6.07) is 7.21. The quantitative estimate of drug-likeness (QED) is 0.582. The predicted molar refractivity (Wildman–Crippen MR) is 77.4 cm³/mol. The second-order valence-electron chi connectivity index (χ2n) is 4.68. The highest BCUT2D eigenvalue weighted by molar-refractivity contribution is 6.15. The molecular formula is C16H12O6. The monoisotopic (exact) mass is 300 g/mol. The van der Waals surface area contributed by atoms with Crippen LogP contribution in [-0.2, 0) is 0 Å². The molecule has 22 heavy (non-hydrogen) atoms. The number of allylic oxidation sites excluding steroid dienone is 1. The van der Waals surface area contributed by atoms with Crippen LogP contribution in [0.25, 0.3) is 6.08 Å². The van der Waals surface area contributed by atoms with Crippen LogP contribution in [0.5, 0.6) is 28.7 Å². The average Bonchev–Trinajstić information content (AvgIpc) is 2.81. The van der Waals surface area contributed by atoms with Gasteiger partial charge in [0.2, 0.25) is 11.5 Å². The summed E-state index contributed by atoms with van der Waals surface area (Å²) in [5.74, 6) is -1.11. The molecule has 0 unspecified atom stereocenters. The summed E-state index contributed by atoms with van der Waals surface area (Å²) in [6.45, 7) is 0. The highest BCUT2D eigenvalue weighted by Gasteiger charge is 2.31. The van der Waals surface area contributed by atoms with Crippen LogP contribution in [0.15, 0.2) is 36.1 Å². The summed E-state index contributed by atoms with van der Waals surface area (Å²) >= 11 is 0. The topological polar surface area (TPSA) is 96.2 Å². The molecule has 1 heterocycles. The van der Waals surface area contributed by atoms with E-state index in [1.165, 1.54) is 31.4 Å². The second kappa shape index (κ2) is 5.00. The van der Waals surface area contributed by atoms with Crippen molar-refractivity contribution in [3.63, 3.8) is 0 Å². The predicted octanol–water partition coefficient (Wildman–Crippen LogP) is 2.43. The van der Waals surface area contributed by atoms with Crippen molar-refractivity contribution in [3.8, 4) is 28.7 Å². The summed E-state index contributed by atoms with van der Waals surface area (Å²) in [6.07, 6.45) is 1.43. The van der Waals surface area contributed by atoms with E-state index in [4.69, 9.17) is 9.47 Å². The van der Waals surface area contributed by atoms with Crippen molar-refractivity contribution in [2.24, 2.45) is 0 Å². The molecule has 0 bridgehead atoms. The van der Waals surface area contributed by atoms with E-state index >= 15 is 0 Å². The van der Waals surface area contributed by atoms with Gasteiger partial charge in [0.25, 0.3) is 0 Å². The molecule has 3 N–H and O–H groups in total. The number of rotatable bonds is 2. The molecule has 0 spiro atoms. The van der Waals surface area contributed by atoms with Gasteiger partial charge in [0.15, 0.2) is 28.8 Å². The number of carbonyl (C=O) groups is 1. The zero-order valence-electron chi connectivity index (χ0n) is 11.5. The molecule has 112 valence electrons. The molecule has 0 fully saturated rings. The van der Waals surface area contributed by atoms with Crippen molar-refractivity contribution in [1.82, 2.24) is 0 Å². The number of phenols is 3. The molecule has 0 atom stereocenters. The van der Waals surface area contributed by atoms with Gasteiger partial charge in [-0.2, -0.15) is 0 Å². The fraction of sp³-hybridized carbons (Fsp3) is 0.0625. The number of ether oxygens (including phenoxy) is 2. The standard InChI is InChI=1S/C16H12O6/c1-21-12-5-2-8(6-11(12)18)7-13-14(19)9-3-4-10(17)15(20)16(9)22-13/h2-7,17-18,20H,1H3. The van der Waals surface area contributed by atoms with Gasteiger partial charge in [0, 0.05) is 0 Å². The summed E-state index contributed by atoms with van der Waals surface area (Å²) in [5, 5.41) is 28.9. The number of Topliss-reactive ketones (excluding diaryl/α,β-unsaturated/α-hetero) is 1. The SMILES string of the molecule is COc1ccc(C=C2Oc3c(ccc(O)c3O)C2=O)cc1O. The van der Waals surface area contributed by atoms with Crippen molar-refractivity contribution in [1.29, 1.82) is 0 Å². The maximum absolute atomic E-state index is 12.2. The van der Waals surface area contributed by atoms with Crippen molar-refractivity contribution in [2.45, 2.75) is 0 Å². The Morgan fingerprint density at radius 2 is 1.86 bits per heavy atom. The first kappa shape index (κ1) is 13.8. The normalized spacial score (nSPS) is 14.8. The van der Waals surface area contributed by atoms with Gasteiger partial charge in [-0.25, -0.2) is 0 Å². The Morgan fingerprint density at radius 1 is 1.09 bits per heavy atom. The fourth-order valence-electron chi connectivity index (χ4n) is 2.18. The lowest BCUT2D eigenvalue weighted by Crippen LogP contribution is -1.98. The number of fused-ring (bicyclic) bond motifs is 1. The van der Waals surface area contributed by atoms with Gasteiger partial charge in [-0.1, -0.05) is 6.07 Å². The van der Waals surface area contributed by atoms with Crippen LogP contribution >= 0.6 is 0 Å². The average molecular weight is 300 g/mol. The van der Waals surface area contributed by atoms with E-state index in [2.05, 4.69) is 0 Å². The Labute approximate surface area is 125 Å². The number of methoxy groups -OCH3 is 1. The number of carbonyl (C=O) groups excluding carboxylic acids is 1. The van der Waals surface area contributed by atoms with Crippen LogP contribution in [0, 0.1) is 0 Å². The molecule has 6 heteroatoms. The third kappa shape index (κ3) is 2.10. The summed E-state index contributed by atoms with van der Waals surface area (Å²) in [4.78, 5) is 12.2. The number of aromatic hydroxyl groups is 3. The molecular weight excluding hydrogens is 288 g/mol. The van der Waals surface area contributed by atoms with Crippen LogP contribution in [0.1, 0.15) is 15.9 Å². The van der Waals surface area contributed by atoms with Gasteiger partial charge in [-0.05, 0) is 35.9 Å². The third-order valence-corrected chi connectivity index (χ3v) is 3.29. The fourth-order valence-corrected chi connectivity index (χ4v) is 2.18. The van der Waals surface area contributed by atoms with Crippen molar-refractivity contribution >= 4 is 11.9 Å². The summed E-state index contributed by atoms with van der Waals surface area (Å²) in [5.41, 5.74) is 0.692. The lowest BCUT2D eigenvalue weighted by atomic mass is 10.1. The van der Waals surface area contributed by atoms with E-state index in [1.54, 1.807) is 12.1 Å². The minimum absolute atomic E-state index is 0.0135. The van der Waals surface area contributed by atoms with Crippen molar-refractivity contribution in [2.75, 3.05) is 7.11 Å². The molecule has 2 aromatic carbocycles. The summed E-state index contributed by atoms with van der Waals surface area (Å²) in [7, 11) is 1.43. The van der Waals surface area contributed by atoms with Crippen LogP contribution in [0.3, 0.4) is 0 Å². The van der Waals surface area contributed by atoms with Crippen LogP contribution in [0.2, 0.25) is 0 Å². The largest absolute Gasteiger partial charge is 0.504 e. The highest BCUT2D eigenvalue weighted by atomic mass is 16.5. The molecule has 2 aromatic rings. The molecule has 1 aliphatic rings. The lowest BCUT2D eigenvalue weighted by Gasteiger charge is -2.04. The first-order valence-corrected chi connectivity index (χ1v) is 6.37. The maximum atomic E-state index is 12.2. The number of phenolic OH excluding ortho intramolecular Hbond substituents is 3. The smallest absolute Gasteiger partial charge is 0.232 e. The number of ketones is 1. The van der Waals surface area contributed by atoms with Gasteiger partial charge in [-0.3, -0.25) is 4.79 Å². The van der Waals surface area contributed by atoms with Crippen LogP contribution in [0.4, 0.5) is 0 Å². The van der Waals surface area contributed by atoms with E-state index in [-0.39, 0.29) is 28.6 Å². The number of hydrogen-bond donors (Lipinski definition) is 3. The zero-order valence-corrected chi connectivity index (χ0v) is 11.5. The molecule has 0 aromatic heterocycles. The first-order valence-electron chi connectivity index (χ1n) is 6.37. The zero-order chi connectivity index (χ0) is 15.9. The molecule has 0 saturated heterocycles. The van der Waals surface area contributed by atoms with Gasteiger partial charge in [0.05, 0.1) is 12.7 Å². The van der Waals surface area contributed by atoms with E-state index in [1.807, 2.05) is 0 Å². The van der Waals surface area contributed by atoms with E-state index in [0.29, 0.717) is 11.3 Å². The summed E-state index contributed by atoms with van der Waals surface area (Å²) < 4.78 is 10.3. The molecule has 3 rings (SSSR count). The second-order valence-corrected chi connectivity index (χ2v) is 4.68. The molecule has 1 aliphatic heterocycles. The minimum atomic E-state index is -0.480. The number of hydrogen-bond acceptors (Lipinski definition) is 6. The molecule has 0 aliphatic carbocycles. The minimum Gasteiger partial charge on any atom is -0.504 e. The third-order valence-electron chi connectivity index (χ3n) is 3.29. The van der Waals surface area contributed by atoms with Crippen LogP contribution < -0.4 is 9.47 Å². The Balaban J connectivity index is 1.99. The van der Waals surface area contributed by atoms with Gasteiger partial charge in [-0.15, -0.1) is 0 Å². The van der Waals surface area contributed by atoms with E-state index in [0.717, 1.165) is 0 Å². The lowest BCUT2D eigenvalue weighted by molar-refractivity contribution is 0.101. The Morgan fingerprint density at radius 3 is 2.55 bits per heavy atom. The van der Waals surface area contributed by atoms with E-state index in [9.17, 15) is 20.1 Å². The van der Waals surface area contributed by atoms with E-state index < -0.39 is 11.5 Å². The number of benzene rings is 2. The van der Waals surface area contributed by atoms with Crippen molar-refractivity contribution in [3.05, 3.63) is 47.2 Å². The van der Waals surface area contributed by atoms with Gasteiger partial charge >= 0.3 is 0 Å². The Bertz CT molecular complexity index is 807. The maximum Gasteiger partial charge on any atom is 0.232 e. The molecule has 0 amide bonds.